The minimum absolute atomic E-state index is 0.131. The lowest BCUT2D eigenvalue weighted by molar-refractivity contribution is 0.493. The maximum Gasteiger partial charge on any atom is 0.106 e. The molecule has 0 aliphatic rings. The maximum atomic E-state index is 6.18. The van der Waals surface area contributed by atoms with Crippen LogP contribution in [0.2, 0.25) is 5.02 Å². The summed E-state index contributed by atoms with van der Waals surface area (Å²) in [4.78, 5) is 0. The molecular weight excluding hydrogens is 270 g/mol. The van der Waals surface area contributed by atoms with E-state index in [0.29, 0.717) is 0 Å². The van der Waals surface area contributed by atoms with Crippen LogP contribution in [0, 0.1) is 20.8 Å². The molecule has 20 heavy (non-hydrogen) atoms. The molecule has 1 heterocycles. The van der Waals surface area contributed by atoms with Gasteiger partial charge in [0.1, 0.15) is 11.5 Å². The summed E-state index contributed by atoms with van der Waals surface area (Å²) in [7, 11) is 0. The van der Waals surface area contributed by atoms with Gasteiger partial charge in [0.2, 0.25) is 0 Å². The van der Waals surface area contributed by atoms with Crippen LogP contribution < -0.4 is 5.32 Å². The third-order valence-electron chi connectivity index (χ3n) is 3.54. The number of hydrogen-bond acceptors (Lipinski definition) is 2. The molecule has 0 saturated heterocycles. The summed E-state index contributed by atoms with van der Waals surface area (Å²) in [5.41, 5.74) is 3.65. The minimum atomic E-state index is 0.131. The van der Waals surface area contributed by atoms with E-state index in [2.05, 4.69) is 31.3 Å². The van der Waals surface area contributed by atoms with Gasteiger partial charge in [-0.25, -0.2) is 0 Å². The van der Waals surface area contributed by atoms with E-state index in [4.69, 9.17) is 16.0 Å². The smallest absolute Gasteiger partial charge is 0.106 e. The molecule has 0 spiro atoms. The molecule has 0 fully saturated rings. The third-order valence-corrected chi connectivity index (χ3v) is 3.78. The number of rotatable bonds is 5. The summed E-state index contributed by atoms with van der Waals surface area (Å²) in [6.45, 7) is 9.25. The quantitative estimate of drug-likeness (QED) is 0.843. The summed E-state index contributed by atoms with van der Waals surface area (Å²) in [6, 6.07) is 8.30. The zero-order valence-electron chi connectivity index (χ0n) is 12.6. The van der Waals surface area contributed by atoms with Gasteiger partial charge in [0.15, 0.2) is 0 Å². The van der Waals surface area contributed by atoms with Crippen molar-refractivity contribution in [2.45, 2.75) is 40.2 Å². The summed E-state index contributed by atoms with van der Waals surface area (Å²) in [6.07, 6.45) is 1.09. The van der Waals surface area contributed by atoms with Gasteiger partial charge in [-0.15, -0.1) is 0 Å². The van der Waals surface area contributed by atoms with Gasteiger partial charge in [-0.05, 0) is 63.1 Å². The molecule has 2 nitrogen and oxygen atoms in total. The molecule has 2 rings (SSSR count). The predicted octanol–water partition coefficient (Wildman–Crippen LogP) is 4.95. The van der Waals surface area contributed by atoms with E-state index in [1.807, 2.05) is 26.0 Å². The highest BCUT2D eigenvalue weighted by molar-refractivity contribution is 6.30. The Kier molecular flexibility index (Phi) is 4.90. The summed E-state index contributed by atoms with van der Waals surface area (Å²) in [5, 5.41) is 4.38. The Morgan fingerprint density at radius 1 is 1.15 bits per heavy atom. The van der Waals surface area contributed by atoms with Crippen molar-refractivity contribution in [1.82, 2.24) is 5.32 Å². The molecule has 1 unspecified atom stereocenters. The number of furan rings is 1. The first kappa shape index (κ1) is 15.1. The van der Waals surface area contributed by atoms with Crippen LogP contribution in [0.4, 0.5) is 0 Å². The van der Waals surface area contributed by atoms with E-state index >= 15 is 0 Å². The van der Waals surface area contributed by atoms with E-state index in [1.54, 1.807) is 0 Å². The lowest BCUT2D eigenvalue weighted by atomic mass is 9.95. The number of halogens is 1. The van der Waals surface area contributed by atoms with E-state index in [-0.39, 0.29) is 6.04 Å². The van der Waals surface area contributed by atoms with Crippen molar-refractivity contribution in [1.29, 1.82) is 0 Å². The van der Waals surface area contributed by atoms with Crippen molar-refractivity contribution in [2.24, 2.45) is 0 Å². The van der Waals surface area contributed by atoms with Crippen LogP contribution in [-0.2, 0) is 0 Å². The topological polar surface area (TPSA) is 25.2 Å². The average Bonchev–Trinajstić information content (AvgIpc) is 2.73. The Bertz CT molecular complexity index is 589. The average molecular weight is 292 g/mol. The van der Waals surface area contributed by atoms with E-state index < -0.39 is 0 Å². The molecule has 1 aromatic heterocycles. The lowest BCUT2D eigenvalue weighted by Crippen LogP contribution is -2.24. The number of nitrogens with one attached hydrogen (secondary N) is 1. The van der Waals surface area contributed by atoms with E-state index in [0.717, 1.165) is 29.5 Å². The van der Waals surface area contributed by atoms with Gasteiger partial charge in [0.05, 0.1) is 6.04 Å². The molecule has 0 bridgehead atoms. The standard InChI is InChI=1S/C17H22ClNO/c1-5-8-19-17(16-9-12(3)20-13(16)4)15-10-14(18)7-6-11(15)2/h6-7,9-10,17,19H,5,8H2,1-4H3. The first-order valence-corrected chi connectivity index (χ1v) is 7.47. The van der Waals surface area contributed by atoms with E-state index in [9.17, 15) is 0 Å². The van der Waals surface area contributed by atoms with Crippen LogP contribution in [-0.4, -0.2) is 6.54 Å². The molecule has 0 radical (unpaired) electrons. The molecular formula is C17H22ClNO. The van der Waals surface area contributed by atoms with Crippen LogP contribution in [0.5, 0.6) is 0 Å². The number of hydrogen-bond donors (Lipinski definition) is 1. The second-order valence-electron chi connectivity index (χ2n) is 5.26. The highest BCUT2D eigenvalue weighted by Gasteiger charge is 2.20. The zero-order chi connectivity index (χ0) is 14.7. The predicted molar refractivity (Wildman–Crippen MR) is 84.5 cm³/mol. The Balaban J connectivity index is 2.46. The molecule has 2 aromatic rings. The Morgan fingerprint density at radius 2 is 1.90 bits per heavy atom. The summed E-state index contributed by atoms with van der Waals surface area (Å²) < 4.78 is 5.69. The van der Waals surface area contributed by atoms with Crippen LogP contribution in [0.3, 0.4) is 0 Å². The summed E-state index contributed by atoms with van der Waals surface area (Å²) in [5.74, 6) is 1.91. The first-order valence-electron chi connectivity index (χ1n) is 7.09. The zero-order valence-corrected chi connectivity index (χ0v) is 13.3. The largest absolute Gasteiger partial charge is 0.466 e. The molecule has 108 valence electrons. The Hall–Kier alpha value is -1.25. The molecule has 1 N–H and O–H groups in total. The van der Waals surface area contributed by atoms with Crippen molar-refractivity contribution < 1.29 is 4.42 Å². The third kappa shape index (κ3) is 3.25. The Labute approximate surface area is 126 Å². The molecule has 3 heteroatoms. The van der Waals surface area contributed by atoms with Gasteiger partial charge in [-0.2, -0.15) is 0 Å². The molecule has 1 atom stereocenters. The fraction of sp³-hybridized carbons (Fsp3) is 0.412. The first-order chi connectivity index (χ1) is 9.52. The maximum absolute atomic E-state index is 6.18. The Morgan fingerprint density at radius 3 is 2.50 bits per heavy atom. The minimum Gasteiger partial charge on any atom is -0.466 e. The van der Waals surface area contributed by atoms with Gasteiger partial charge in [-0.3, -0.25) is 0 Å². The molecule has 0 amide bonds. The van der Waals surface area contributed by atoms with Crippen molar-refractivity contribution in [3.05, 3.63) is 57.5 Å². The molecule has 0 aliphatic heterocycles. The van der Waals surface area contributed by atoms with Gasteiger partial charge in [-0.1, -0.05) is 24.6 Å². The van der Waals surface area contributed by atoms with Crippen LogP contribution in [0.15, 0.2) is 28.7 Å². The normalized spacial score (nSPS) is 12.7. The fourth-order valence-corrected chi connectivity index (χ4v) is 2.72. The fourth-order valence-electron chi connectivity index (χ4n) is 2.54. The van der Waals surface area contributed by atoms with Crippen LogP contribution >= 0.6 is 11.6 Å². The van der Waals surface area contributed by atoms with Gasteiger partial charge < -0.3 is 9.73 Å². The summed E-state index contributed by atoms with van der Waals surface area (Å²) >= 11 is 6.18. The van der Waals surface area contributed by atoms with E-state index in [1.165, 1.54) is 16.7 Å². The second kappa shape index (κ2) is 6.47. The van der Waals surface area contributed by atoms with Crippen molar-refractivity contribution in [3.63, 3.8) is 0 Å². The lowest BCUT2D eigenvalue weighted by Gasteiger charge is -2.21. The molecule has 0 saturated carbocycles. The molecule has 1 aromatic carbocycles. The van der Waals surface area contributed by atoms with Crippen molar-refractivity contribution in [2.75, 3.05) is 6.54 Å². The highest BCUT2D eigenvalue weighted by Crippen LogP contribution is 2.31. The van der Waals surface area contributed by atoms with Gasteiger partial charge >= 0.3 is 0 Å². The number of benzene rings is 1. The number of aryl methyl sites for hydroxylation is 3. The van der Waals surface area contributed by atoms with Gasteiger partial charge in [0, 0.05) is 10.6 Å². The van der Waals surface area contributed by atoms with Crippen molar-refractivity contribution >= 4 is 11.6 Å². The monoisotopic (exact) mass is 291 g/mol. The van der Waals surface area contributed by atoms with Crippen LogP contribution in [0.25, 0.3) is 0 Å². The van der Waals surface area contributed by atoms with Crippen molar-refractivity contribution in [3.8, 4) is 0 Å². The SMILES string of the molecule is CCCNC(c1cc(Cl)ccc1C)c1cc(C)oc1C. The second-order valence-corrected chi connectivity index (χ2v) is 5.69. The highest BCUT2D eigenvalue weighted by atomic mass is 35.5. The van der Waals surface area contributed by atoms with Crippen LogP contribution in [0.1, 0.15) is 47.6 Å². The van der Waals surface area contributed by atoms with Gasteiger partial charge in [0.25, 0.3) is 0 Å². The molecule has 0 aliphatic carbocycles.